The van der Waals surface area contributed by atoms with Crippen LogP contribution in [0.4, 0.5) is 13.2 Å². The van der Waals surface area contributed by atoms with Crippen molar-refractivity contribution < 1.29 is 17.9 Å². The molecule has 0 radical (unpaired) electrons. The van der Waals surface area contributed by atoms with E-state index in [9.17, 15) is 4.39 Å². The molecule has 0 N–H and O–H groups in total. The molecule has 2 atom stereocenters. The molecule has 0 spiro atoms. The smallest absolute Gasteiger partial charge is 0.162 e. The molecule has 0 aromatic heterocycles. The van der Waals surface area contributed by atoms with Crippen LogP contribution < -0.4 is 0 Å². The van der Waals surface area contributed by atoms with E-state index in [1.54, 1.807) is 0 Å². The molecule has 4 rings (SSSR count). The molecular formula is C32H47F3O. The normalized spacial score (nSPS) is 31.3. The fourth-order valence-electron chi connectivity index (χ4n) is 7.03. The van der Waals surface area contributed by atoms with Gasteiger partial charge in [-0.1, -0.05) is 51.7 Å². The number of hydrogen-bond acceptors (Lipinski definition) is 1. The van der Waals surface area contributed by atoms with Gasteiger partial charge < -0.3 is 4.74 Å². The Morgan fingerprint density at radius 2 is 1.33 bits per heavy atom. The van der Waals surface area contributed by atoms with Crippen LogP contribution >= 0.6 is 0 Å². The largest absolute Gasteiger partial charge is 0.377 e. The first kappa shape index (κ1) is 27.7. The lowest BCUT2D eigenvalue weighted by molar-refractivity contribution is 0.00353. The third-order valence-electron chi connectivity index (χ3n) is 9.37. The summed E-state index contributed by atoms with van der Waals surface area (Å²) >= 11 is 0. The molecule has 36 heavy (non-hydrogen) atoms. The van der Waals surface area contributed by atoms with Crippen molar-refractivity contribution in [1.29, 1.82) is 0 Å². The third-order valence-corrected chi connectivity index (χ3v) is 9.37. The molecule has 0 aliphatic heterocycles. The predicted octanol–water partition coefficient (Wildman–Crippen LogP) is 10.2. The minimum atomic E-state index is -0.625. The molecule has 1 nitrogen and oxygen atoms in total. The molecule has 1 aromatic carbocycles. The number of rotatable bonds is 10. The van der Waals surface area contributed by atoms with Crippen molar-refractivity contribution >= 4 is 0 Å². The molecule has 3 aliphatic rings. The number of hydrogen-bond donors (Lipinski definition) is 0. The second-order valence-corrected chi connectivity index (χ2v) is 11.9. The van der Waals surface area contributed by atoms with E-state index in [-0.39, 0.29) is 29.7 Å². The first-order valence-electron chi connectivity index (χ1n) is 15.0. The molecule has 0 saturated heterocycles. The zero-order valence-electron chi connectivity index (χ0n) is 22.6. The van der Waals surface area contributed by atoms with Gasteiger partial charge in [-0.15, -0.1) is 0 Å². The van der Waals surface area contributed by atoms with E-state index >= 15 is 8.78 Å². The van der Waals surface area contributed by atoms with Gasteiger partial charge >= 0.3 is 0 Å². The van der Waals surface area contributed by atoms with E-state index in [0.29, 0.717) is 23.7 Å². The van der Waals surface area contributed by atoms with Crippen molar-refractivity contribution in [3.63, 3.8) is 0 Å². The van der Waals surface area contributed by atoms with E-state index < -0.39 is 11.6 Å². The predicted molar refractivity (Wildman–Crippen MR) is 142 cm³/mol. The van der Waals surface area contributed by atoms with Gasteiger partial charge in [-0.25, -0.2) is 13.2 Å². The maximum absolute atomic E-state index is 15.2. The molecule has 3 aliphatic carbocycles. The molecule has 4 heteroatoms. The number of ether oxygens (including phenoxy) is 1. The minimum absolute atomic E-state index is 0.00697. The Morgan fingerprint density at radius 1 is 0.722 bits per heavy atom. The number of allylic oxidation sites excluding steroid dienone is 1. The summed E-state index contributed by atoms with van der Waals surface area (Å²) in [6.45, 7) is 4.83. The van der Waals surface area contributed by atoms with Gasteiger partial charge in [0.15, 0.2) is 11.6 Å². The molecule has 2 fully saturated rings. The monoisotopic (exact) mass is 504 g/mol. The van der Waals surface area contributed by atoms with E-state index in [4.69, 9.17) is 4.74 Å². The van der Waals surface area contributed by atoms with Crippen LogP contribution in [-0.2, 0) is 4.74 Å². The Balaban J connectivity index is 1.25. The van der Waals surface area contributed by atoms with Gasteiger partial charge in [0.25, 0.3) is 0 Å². The van der Waals surface area contributed by atoms with Crippen molar-refractivity contribution in [1.82, 2.24) is 0 Å². The van der Waals surface area contributed by atoms with Crippen molar-refractivity contribution in [2.75, 3.05) is 6.61 Å². The highest BCUT2D eigenvalue weighted by atomic mass is 19.2. The van der Waals surface area contributed by atoms with E-state index in [1.165, 1.54) is 12.8 Å². The summed E-state index contributed by atoms with van der Waals surface area (Å²) in [4.78, 5) is 0. The third kappa shape index (κ3) is 6.97. The molecule has 0 bridgehead atoms. The quantitative estimate of drug-likeness (QED) is 0.308. The molecule has 0 amide bonds. The standard InChI is InChI=1S/C32H47F3O/c1-3-5-7-23-10-13-26(30(33)20-23)21-36-27-16-14-25(15-17-27)29-19-18-28(31(34)32(29)35)24-11-8-22(6-4-2)9-12-24/h18-20,22-27H,3-17,21H2,1-2H3. The van der Waals surface area contributed by atoms with E-state index in [2.05, 4.69) is 13.8 Å². The second kappa shape index (κ2) is 13.5. The summed E-state index contributed by atoms with van der Waals surface area (Å²) in [6.07, 6.45) is 17.1. The summed E-state index contributed by atoms with van der Waals surface area (Å²) < 4.78 is 51.0. The van der Waals surface area contributed by atoms with Gasteiger partial charge in [0, 0.05) is 5.92 Å². The molecule has 202 valence electrons. The fraction of sp³-hybridized carbons (Fsp3) is 0.750. The van der Waals surface area contributed by atoms with Crippen molar-refractivity contribution in [3.05, 3.63) is 46.8 Å². The van der Waals surface area contributed by atoms with Crippen LogP contribution in [0, 0.1) is 29.4 Å². The number of unbranched alkanes of at least 4 members (excludes halogenated alkanes) is 1. The summed E-state index contributed by atoms with van der Waals surface area (Å²) in [5, 5.41) is 0. The Morgan fingerprint density at radius 3 is 1.89 bits per heavy atom. The van der Waals surface area contributed by atoms with Crippen LogP contribution in [-0.4, -0.2) is 12.7 Å². The fourth-order valence-corrected chi connectivity index (χ4v) is 7.03. The van der Waals surface area contributed by atoms with Gasteiger partial charge in [0.05, 0.1) is 12.7 Å². The zero-order valence-corrected chi connectivity index (χ0v) is 22.6. The lowest BCUT2D eigenvalue weighted by Crippen LogP contribution is -2.25. The maximum Gasteiger partial charge on any atom is 0.162 e. The maximum atomic E-state index is 15.2. The molecular weight excluding hydrogens is 457 g/mol. The Bertz CT molecular complexity index is 849. The second-order valence-electron chi connectivity index (χ2n) is 11.9. The molecule has 0 heterocycles. The van der Waals surface area contributed by atoms with Crippen LogP contribution in [0.15, 0.2) is 24.0 Å². The SMILES string of the molecule is CCCCC1C=C(F)C(COC2CCC(c3ccc(C4CCC(CCC)CC4)c(F)c3F)CC2)CC1. The summed E-state index contributed by atoms with van der Waals surface area (Å²) in [7, 11) is 0. The lowest BCUT2D eigenvalue weighted by atomic mass is 9.76. The van der Waals surface area contributed by atoms with Gasteiger partial charge in [-0.05, 0) is 112 Å². The van der Waals surface area contributed by atoms with Gasteiger partial charge in [-0.3, -0.25) is 0 Å². The summed E-state index contributed by atoms with van der Waals surface area (Å²) in [5.74, 6) is -0.00897. The van der Waals surface area contributed by atoms with Crippen LogP contribution in [0.5, 0.6) is 0 Å². The number of benzene rings is 1. The molecule has 2 saturated carbocycles. The van der Waals surface area contributed by atoms with Crippen molar-refractivity contribution in [2.24, 2.45) is 17.8 Å². The van der Waals surface area contributed by atoms with E-state index in [1.807, 2.05) is 18.2 Å². The van der Waals surface area contributed by atoms with Crippen LogP contribution in [0.25, 0.3) is 0 Å². The lowest BCUT2D eigenvalue weighted by Gasteiger charge is -2.32. The summed E-state index contributed by atoms with van der Waals surface area (Å²) in [6, 6.07) is 3.72. The Labute approximate surface area is 217 Å². The zero-order chi connectivity index (χ0) is 25.5. The highest BCUT2D eigenvalue weighted by molar-refractivity contribution is 5.32. The molecule has 1 aromatic rings. The first-order chi connectivity index (χ1) is 17.5. The summed E-state index contributed by atoms with van der Waals surface area (Å²) in [5.41, 5.74) is 1.12. The average molecular weight is 505 g/mol. The van der Waals surface area contributed by atoms with Crippen LogP contribution in [0.3, 0.4) is 0 Å². The van der Waals surface area contributed by atoms with Gasteiger partial charge in [0.1, 0.15) is 5.83 Å². The Hall–Kier alpha value is -1.29. The number of halogens is 3. The average Bonchev–Trinajstić information content (AvgIpc) is 2.90. The van der Waals surface area contributed by atoms with Crippen molar-refractivity contribution in [2.45, 2.75) is 128 Å². The molecule has 2 unspecified atom stereocenters. The van der Waals surface area contributed by atoms with E-state index in [0.717, 1.165) is 89.4 Å². The van der Waals surface area contributed by atoms with Crippen molar-refractivity contribution in [3.8, 4) is 0 Å². The Kier molecular flexibility index (Phi) is 10.4. The first-order valence-corrected chi connectivity index (χ1v) is 15.0. The topological polar surface area (TPSA) is 9.23 Å². The highest BCUT2D eigenvalue weighted by Gasteiger charge is 2.31. The highest BCUT2D eigenvalue weighted by Crippen LogP contribution is 2.42. The van der Waals surface area contributed by atoms with Gasteiger partial charge in [-0.2, -0.15) is 0 Å². The van der Waals surface area contributed by atoms with Crippen LogP contribution in [0.1, 0.15) is 133 Å². The van der Waals surface area contributed by atoms with Crippen LogP contribution in [0.2, 0.25) is 0 Å². The van der Waals surface area contributed by atoms with Gasteiger partial charge in [0.2, 0.25) is 0 Å². The minimum Gasteiger partial charge on any atom is -0.377 e.